The molecule has 0 unspecified atom stereocenters. The Balaban J connectivity index is 2.16. The molecule has 3 rings (SSSR count). The molecule has 1 nitrogen and oxygen atoms in total. The standard InChI is InChI=1S/C15H16OS/c17-9-8-15(10-16-11-15)14-7-3-5-12-4-1-2-6-13(12)14/h1-7,17H,8-11H2. The van der Waals surface area contributed by atoms with Gasteiger partial charge in [0.15, 0.2) is 0 Å². The van der Waals surface area contributed by atoms with E-state index in [-0.39, 0.29) is 5.41 Å². The van der Waals surface area contributed by atoms with Crippen LogP contribution >= 0.6 is 12.6 Å². The molecular weight excluding hydrogens is 228 g/mol. The minimum absolute atomic E-state index is 0.197. The normalized spacial score (nSPS) is 17.9. The number of ether oxygens (including phenoxy) is 1. The zero-order valence-electron chi connectivity index (χ0n) is 9.73. The van der Waals surface area contributed by atoms with Gasteiger partial charge in [-0.1, -0.05) is 42.5 Å². The van der Waals surface area contributed by atoms with Crippen LogP contribution in [0, 0.1) is 0 Å². The molecule has 17 heavy (non-hydrogen) atoms. The smallest absolute Gasteiger partial charge is 0.0586 e. The molecule has 0 aromatic heterocycles. The molecule has 2 heteroatoms. The predicted molar refractivity (Wildman–Crippen MR) is 74.9 cm³/mol. The lowest BCUT2D eigenvalue weighted by Crippen LogP contribution is -2.47. The second kappa shape index (κ2) is 4.35. The predicted octanol–water partition coefficient (Wildman–Crippen LogP) is 3.43. The van der Waals surface area contributed by atoms with Crippen molar-refractivity contribution in [3.63, 3.8) is 0 Å². The van der Waals surface area contributed by atoms with Gasteiger partial charge in [0.1, 0.15) is 0 Å². The van der Waals surface area contributed by atoms with Crippen LogP contribution in [0.3, 0.4) is 0 Å². The van der Waals surface area contributed by atoms with Crippen LogP contribution in [-0.4, -0.2) is 19.0 Å². The Hall–Kier alpha value is -0.990. The highest BCUT2D eigenvalue weighted by molar-refractivity contribution is 7.80. The highest BCUT2D eigenvalue weighted by atomic mass is 32.1. The SMILES string of the molecule is SCCC1(c2cccc3ccccc23)COC1. The van der Waals surface area contributed by atoms with Crippen LogP contribution in [0.5, 0.6) is 0 Å². The van der Waals surface area contributed by atoms with Crippen LogP contribution in [-0.2, 0) is 10.2 Å². The summed E-state index contributed by atoms with van der Waals surface area (Å²) in [4.78, 5) is 0. The summed E-state index contributed by atoms with van der Waals surface area (Å²) in [6.45, 7) is 1.67. The molecule has 1 fully saturated rings. The van der Waals surface area contributed by atoms with E-state index in [0.717, 1.165) is 25.4 Å². The summed E-state index contributed by atoms with van der Waals surface area (Å²) in [6, 6.07) is 15.2. The third kappa shape index (κ3) is 1.76. The van der Waals surface area contributed by atoms with Gasteiger partial charge in [-0.3, -0.25) is 0 Å². The molecule has 0 N–H and O–H groups in total. The number of fused-ring (bicyclic) bond motifs is 1. The summed E-state index contributed by atoms with van der Waals surface area (Å²) in [5.74, 6) is 0.909. The first kappa shape index (κ1) is 11.1. The van der Waals surface area contributed by atoms with Crippen molar-refractivity contribution in [3.05, 3.63) is 48.0 Å². The summed E-state index contributed by atoms with van der Waals surface area (Å²) in [6.07, 6.45) is 1.09. The van der Waals surface area contributed by atoms with Gasteiger partial charge in [0.05, 0.1) is 13.2 Å². The maximum atomic E-state index is 5.46. The lowest BCUT2D eigenvalue weighted by molar-refractivity contribution is -0.0606. The molecule has 1 aliphatic rings. The van der Waals surface area contributed by atoms with E-state index < -0.39 is 0 Å². The highest BCUT2D eigenvalue weighted by Gasteiger charge is 2.40. The van der Waals surface area contributed by atoms with Crippen LogP contribution in [0.1, 0.15) is 12.0 Å². The number of rotatable bonds is 3. The van der Waals surface area contributed by atoms with E-state index in [0.29, 0.717) is 0 Å². The van der Waals surface area contributed by atoms with E-state index in [1.165, 1.54) is 16.3 Å². The van der Waals surface area contributed by atoms with Crippen molar-refractivity contribution in [2.24, 2.45) is 0 Å². The Bertz CT molecular complexity index is 526. The van der Waals surface area contributed by atoms with Crippen LogP contribution in [0.4, 0.5) is 0 Å². The first-order valence-electron chi connectivity index (χ1n) is 6.03. The molecule has 2 aromatic rings. The maximum Gasteiger partial charge on any atom is 0.0586 e. The minimum atomic E-state index is 0.197. The van der Waals surface area contributed by atoms with Crippen LogP contribution < -0.4 is 0 Å². The van der Waals surface area contributed by atoms with E-state index in [1.807, 2.05) is 0 Å². The molecule has 1 saturated heterocycles. The summed E-state index contributed by atoms with van der Waals surface area (Å²) < 4.78 is 5.46. The average Bonchev–Trinajstić information content (AvgIpc) is 2.33. The van der Waals surface area contributed by atoms with Gasteiger partial charge in [-0.15, -0.1) is 0 Å². The molecule has 0 radical (unpaired) electrons. The van der Waals surface area contributed by atoms with Crippen LogP contribution in [0.15, 0.2) is 42.5 Å². The second-order valence-corrected chi connectivity index (χ2v) is 5.22. The van der Waals surface area contributed by atoms with Crippen molar-refractivity contribution in [3.8, 4) is 0 Å². The molecular formula is C15H16OS. The molecule has 0 saturated carbocycles. The third-order valence-electron chi connectivity index (χ3n) is 3.71. The fourth-order valence-electron chi connectivity index (χ4n) is 2.68. The monoisotopic (exact) mass is 244 g/mol. The quantitative estimate of drug-likeness (QED) is 0.814. The number of thiol groups is 1. The fraction of sp³-hybridized carbons (Fsp3) is 0.333. The van der Waals surface area contributed by atoms with Crippen molar-refractivity contribution in [1.82, 2.24) is 0 Å². The average molecular weight is 244 g/mol. The number of hydrogen-bond donors (Lipinski definition) is 1. The Labute approximate surface area is 107 Å². The maximum absolute atomic E-state index is 5.46. The molecule has 0 amide bonds. The molecule has 1 aliphatic heterocycles. The first-order chi connectivity index (χ1) is 8.36. The topological polar surface area (TPSA) is 9.23 Å². The fourth-order valence-corrected chi connectivity index (χ4v) is 3.11. The third-order valence-corrected chi connectivity index (χ3v) is 3.93. The van der Waals surface area contributed by atoms with Gasteiger partial charge < -0.3 is 4.74 Å². The van der Waals surface area contributed by atoms with E-state index >= 15 is 0 Å². The van der Waals surface area contributed by atoms with Gasteiger partial charge in [-0.2, -0.15) is 12.6 Å². The summed E-state index contributed by atoms with van der Waals surface area (Å²) >= 11 is 4.39. The zero-order chi connectivity index (χ0) is 11.7. The summed E-state index contributed by atoms with van der Waals surface area (Å²) in [7, 11) is 0. The van der Waals surface area contributed by atoms with E-state index in [1.54, 1.807) is 0 Å². The first-order valence-corrected chi connectivity index (χ1v) is 6.66. The van der Waals surface area contributed by atoms with Gasteiger partial charge in [0, 0.05) is 5.41 Å². The van der Waals surface area contributed by atoms with Gasteiger partial charge in [-0.05, 0) is 28.5 Å². The van der Waals surface area contributed by atoms with Gasteiger partial charge in [0.2, 0.25) is 0 Å². The van der Waals surface area contributed by atoms with Crippen LogP contribution in [0.25, 0.3) is 10.8 Å². The van der Waals surface area contributed by atoms with Crippen molar-refractivity contribution in [1.29, 1.82) is 0 Å². The van der Waals surface area contributed by atoms with Crippen LogP contribution in [0.2, 0.25) is 0 Å². The van der Waals surface area contributed by atoms with Gasteiger partial charge >= 0.3 is 0 Å². The van der Waals surface area contributed by atoms with E-state index in [4.69, 9.17) is 4.74 Å². The van der Waals surface area contributed by atoms with E-state index in [9.17, 15) is 0 Å². The van der Waals surface area contributed by atoms with Crippen molar-refractivity contribution >= 4 is 23.4 Å². The molecule has 1 heterocycles. The van der Waals surface area contributed by atoms with Crippen molar-refractivity contribution < 1.29 is 4.74 Å². The number of benzene rings is 2. The number of hydrogen-bond acceptors (Lipinski definition) is 2. The molecule has 88 valence electrons. The summed E-state index contributed by atoms with van der Waals surface area (Å²) in [5, 5.41) is 2.68. The van der Waals surface area contributed by atoms with Gasteiger partial charge in [0.25, 0.3) is 0 Å². The molecule has 2 aromatic carbocycles. The minimum Gasteiger partial charge on any atom is -0.379 e. The molecule has 0 atom stereocenters. The Kier molecular flexibility index (Phi) is 2.85. The molecule has 0 spiro atoms. The zero-order valence-corrected chi connectivity index (χ0v) is 10.6. The summed E-state index contributed by atoms with van der Waals surface area (Å²) in [5.41, 5.74) is 1.62. The largest absolute Gasteiger partial charge is 0.379 e. The van der Waals surface area contributed by atoms with Crippen molar-refractivity contribution in [2.75, 3.05) is 19.0 Å². The lowest BCUT2D eigenvalue weighted by Gasteiger charge is -2.42. The second-order valence-electron chi connectivity index (χ2n) is 4.77. The van der Waals surface area contributed by atoms with E-state index in [2.05, 4.69) is 55.1 Å². The highest BCUT2D eigenvalue weighted by Crippen LogP contribution is 2.39. The Morgan fingerprint density at radius 1 is 1.06 bits per heavy atom. The Morgan fingerprint density at radius 3 is 2.53 bits per heavy atom. The molecule has 0 bridgehead atoms. The lowest BCUT2D eigenvalue weighted by atomic mass is 9.74. The molecule has 0 aliphatic carbocycles. The van der Waals surface area contributed by atoms with Crippen molar-refractivity contribution in [2.45, 2.75) is 11.8 Å². The van der Waals surface area contributed by atoms with Gasteiger partial charge in [-0.25, -0.2) is 0 Å². The Morgan fingerprint density at radius 2 is 1.82 bits per heavy atom.